The van der Waals surface area contributed by atoms with Crippen LogP contribution in [0.5, 0.6) is 0 Å². The van der Waals surface area contributed by atoms with Gasteiger partial charge in [0.15, 0.2) is 0 Å². The van der Waals surface area contributed by atoms with Crippen molar-refractivity contribution >= 4 is 80.4 Å². The van der Waals surface area contributed by atoms with Crippen molar-refractivity contribution in [3.05, 3.63) is 199 Å². The molecule has 0 aliphatic heterocycles. The number of thiophene rings is 2. The summed E-state index contributed by atoms with van der Waals surface area (Å²) in [7, 11) is 6.87. The number of rotatable bonds is 19. The molecule has 4 aromatic heterocycles. The molecule has 0 saturated heterocycles. The van der Waals surface area contributed by atoms with E-state index >= 15 is 0 Å². The highest BCUT2D eigenvalue weighted by Crippen LogP contribution is 2.35. The molecule has 18 heteroatoms. The first-order valence-corrected chi connectivity index (χ1v) is 27.2. The summed E-state index contributed by atoms with van der Waals surface area (Å²) in [6, 6.07) is 39.4. The topological polar surface area (TPSA) is 176 Å². The van der Waals surface area contributed by atoms with Gasteiger partial charge < -0.3 is 25.3 Å². The number of thiazole rings is 2. The molecule has 8 rings (SSSR count). The lowest BCUT2D eigenvalue weighted by molar-refractivity contribution is -0.384. The Morgan fingerprint density at radius 1 is 0.514 bits per heavy atom. The van der Waals surface area contributed by atoms with Gasteiger partial charge in [0, 0.05) is 83.5 Å². The number of nitrogens with two attached hydrogens (primary N) is 1. The Hall–Kier alpha value is -7.38. The minimum Gasteiger partial charge on any atom is -0.399 e. The van der Waals surface area contributed by atoms with Crippen LogP contribution in [0.2, 0.25) is 0 Å². The molecule has 0 unspecified atom stereocenters. The van der Waals surface area contributed by atoms with Crippen LogP contribution >= 0.6 is 45.3 Å². The van der Waals surface area contributed by atoms with Crippen molar-refractivity contribution in [1.29, 1.82) is 0 Å². The van der Waals surface area contributed by atoms with E-state index in [-0.39, 0.29) is 35.4 Å². The van der Waals surface area contributed by atoms with Gasteiger partial charge >= 0.3 is 0 Å². The fraction of sp³-hybridized carbons (Fsp3) is 0.250. The van der Waals surface area contributed by atoms with Gasteiger partial charge in [0.1, 0.15) is 22.1 Å². The molecule has 382 valence electrons. The van der Waals surface area contributed by atoms with Crippen LogP contribution in [0.25, 0.3) is 19.8 Å². The SMILES string of the molecule is CC(=O)N(C)[C@@H](Cc1ccccc1)C(=O)N(C)[C@@H](Cc1ccc(N)cc1)c1csc(-c2cccs2)n1.CC(=O)N(C)[C@@H](Cc1ccccc1)C(=O)N(C)[C@@H](Cc1ccc([N+](=O)[O-])cc1)c1csc(-c2cccs2)n1. The molecule has 0 bridgehead atoms. The monoisotopic (exact) mass is 1070 g/mol. The molecule has 0 saturated carbocycles. The fourth-order valence-corrected chi connectivity index (χ4v) is 11.7. The van der Waals surface area contributed by atoms with Crippen LogP contribution < -0.4 is 5.73 Å². The summed E-state index contributed by atoms with van der Waals surface area (Å²) in [6.07, 6.45) is 1.81. The minimum absolute atomic E-state index is 0.00868. The van der Waals surface area contributed by atoms with Crippen molar-refractivity contribution in [1.82, 2.24) is 29.6 Å². The van der Waals surface area contributed by atoms with Crippen LogP contribution in [0.1, 0.15) is 59.6 Å². The number of nitrogens with zero attached hydrogens (tertiary/aromatic N) is 7. The predicted molar refractivity (Wildman–Crippen MR) is 298 cm³/mol. The van der Waals surface area contributed by atoms with Gasteiger partial charge in [-0.25, -0.2) is 9.97 Å². The van der Waals surface area contributed by atoms with Gasteiger partial charge in [0.2, 0.25) is 23.6 Å². The average molecular weight is 1070 g/mol. The van der Waals surface area contributed by atoms with Gasteiger partial charge in [-0.05, 0) is 70.1 Å². The first-order chi connectivity index (χ1) is 35.6. The van der Waals surface area contributed by atoms with E-state index in [1.165, 1.54) is 47.1 Å². The second kappa shape index (κ2) is 25.5. The molecule has 8 aromatic rings. The quantitative estimate of drug-likeness (QED) is 0.0469. The number of hydrogen-bond acceptors (Lipinski definition) is 13. The van der Waals surface area contributed by atoms with E-state index in [9.17, 15) is 29.3 Å². The second-order valence-corrected chi connectivity index (χ2v) is 21.4. The van der Waals surface area contributed by atoms with Crippen LogP contribution in [0.15, 0.2) is 155 Å². The summed E-state index contributed by atoms with van der Waals surface area (Å²) < 4.78 is 0. The molecule has 0 aliphatic carbocycles. The zero-order valence-electron chi connectivity index (χ0n) is 41.9. The third-order valence-electron chi connectivity index (χ3n) is 12.8. The van der Waals surface area contributed by atoms with E-state index in [0.29, 0.717) is 31.4 Å². The van der Waals surface area contributed by atoms with Gasteiger partial charge in [0.25, 0.3) is 5.69 Å². The van der Waals surface area contributed by atoms with E-state index in [4.69, 9.17) is 15.7 Å². The number of carbonyl (C=O) groups excluding carboxylic acids is 4. The van der Waals surface area contributed by atoms with Gasteiger partial charge in [-0.3, -0.25) is 29.3 Å². The first-order valence-electron chi connectivity index (χ1n) is 23.7. The molecule has 0 spiro atoms. The number of benzene rings is 4. The van der Waals surface area contributed by atoms with Crippen molar-refractivity contribution in [3.63, 3.8) is 0 Å². The molecule has 2 N–H and O–H groups in total. The van der Waals surface area contributed by atoms with Crippen LogP contribution in [0.3, 0.4) is 0 Å². The molecule has 0 aliphatic rings. The Labute approximate surface area is 447 Å². The number of aromatic nitrogens is 2. The summed E-state index contributed by atoms with van der Waals surface area (Å²) in [4.78, 5) is 81.7. The number of nitrogen functional groups attached to an aromatic ring is 1. The lowest BCUT2D eigenvalue weighted by Gasteiger charge is -2.34. The molecule has 74 heavy (non-hydrogen) atoms. The van der Waals surface area contributed by atoms with Crippen molar-refractivity contribution in [2.24, 2.45) is 0 Å². The van der Waals surface area contributed by atoms with E-state index in [0.717, 1.165) is 53.4 Å². The van der Waals surface area contributed by atoms with Crippen LogP contribution in [-0.2, 0) is 44.9 Å². The molecule has 4 heterocycles. The number of nitro benzene ring substituents is 1. The molecule has 0 fully saturated rings. The Morgan fingerprint density at radius 3 is 1.24 bits per heavy atom. The van der Waals surface area contributed by atoms with E-state index in [2.05, 4.69) is 6.07 Å². The van der Waals surface area contributed by atoms with Crippen LogP contribution in [0, 0.1) is 10.1 Å². The van der Waals surface area contributed by atoms with E-state index in [1.807, 2.05) is 125 Å². The number of likely N-dealkylation sites (N-methyl/N-ethyl adjacent to an activating group) is 4. The summed E-state index contributed by atoms with van der Waals surface area (Å²) >= 11 is 6.33. The Balaban J connectivity index is 0.000000217. The predicted octanol–water partition coefficient (Wildman–Crippen LogP) is 10.9. The average Bonchev–Trinajstić information content (AvgIpc) is 4.28. The van der Waals surface area contributed by atoms with Gasteiger partial charge in [0.05, 0.1) is 38.1 Å². The fourth-order valence-electron chi connectivity index (χ4n) is 8.31. The molecular weight excluding hydrogens is 1010 g/mol. The zero-order chi connectivity index (χ0) is 52.9. The third-order valence-corrected chi connectivity index (χ3v) is 16.6. The van der Waals surface area contributed by atoms with Crippen LogP contribution in [-0.4, -0.2) is 98.4 Å². The Morgan fingerprint density at radius 2 is 0.892 bits per heavy atom. The highest BCUT2D eigenvalue weighted by molar-refractivity contribution is 7.20. The minimum atomic E-state index is -0.699. The first kappa shape index (κ1) is 54.4. The maximum Gasteiger partial charge on any atom is 0.269 e. The van der Waals surface area contributed by atoms with Crippen molar-refractivity contribution in [2.45, 2.75) is 63.7 Å². The zero-order valence-corrected chi connectivity index (χ0v) is 45.2. The number of nitro groups is 1. The standard InChI is InChI=1S/C28H28N4O4S2.C28H30N4O2S2/c1-19(33)30(2)25(17-20-8-5-4-6-9-20)28(34)31(3)24(16-21-11-13-22(14-12-21)32(35)36)23-18-38-27(29-23)26-10-7-15-37-26;1-19(33)31(2)25(17-20-8-5-4-6-9-20)28(34)32(3)24(16-21-11-13-22(29)14-12-21)23-18-36-27(30-23)26-10-7-15-35-26/h4-15,18,24-25H,16-17H2,1-3H3;4-15,18,24-25H,16-17,29H2,1-3H3/t2*24-,25-/m00/s1. The molecule has 4 atom stereocenters. The molecule has 0 radical (unpaired) electrons. The Kier molecular flexibility index (Phi) is 18.8. The maximum absolute atomic E-state index is 14.0. The second-order valence-electron chi connectivity index (χ2n) is 17.8. The lowest BCUT2D eigenvalue weighted by atomic mass is 9.99. The highest BCUT2D eigenvalue weighted by atomic mass is 32.1. The van der Waals surface area contributed by atoms with Crippen LogP contribution in [0.4, 0.5) is 11.4 Å². The molecule has 4 amide bonds. The summed E-state index contributed by atoms with van der Waals surface area (Å²) in [6.45, 7) is 2.94. The Bertz CT molecular complexity index is 3090. The number of non-ortho nitro benzene ring substituents is 1. The van der Waals surface area contributed by atoms with E-state index < -0.39 is 23.0 Å². The van der Waals surface area contributed by atoms with Crippen molar-refractivity contribution in [3.8, 4) is 19.8 Å². The summed E-state index contributed by atoms with van der Waals surface area (Å²) in [5, 5.41) is 20.9. The number of carbonyl (C=O) groups is 4. The van der Waals surface area contributed by atoms with Gasteiger partial charge in [-0.1, -0.05) is 97.1 Å². The lowest BCUT2D eigenvalue weighted by Crippen LogP contribution is -2.50. The number of amides is 4. The summed E-state index contributed by atoms with van der Waals surface area (Å²) in [5.74, 6) is -0.679. The van der Waals surface area contributed by atoms with Gasteiger partial charge in [-0.2, -0.15) is 0 Å². The molecular formula is C56H58N8O6S4. The molecule has 14 nitrogen and oxygen atoms in total. The van der Waals surface area contributed by atoms with Crippen molar-refractivity contribution in [2.75, 3.05) is 33.9 Å². The van der Waals surface area contributed by atoms with Crippen molar-refractivity contribution < 1.29 is 24.1 Å². The highest BCUT2D eigenvalue weighted by Gasteiger charge is 2.35. The third kappa shape index (κ3) is 14.0. The number of anilines is 1. The van der Waals surface area contributed by atoms with Gasteiger partial charge in [-0.15, -0.1) is 45.3 Å². The largest absolute Gasteiger partial charge is 0.399 e. The smallest absolute Gasteiger partial charge is 0.269 e. The molecule has 4 aromatic carbocycles. The normalized spacial score (nSPS) is 12.6. The van der Waals surface area contributed by atoms with E-state index in [1.54, 1.807) is 84.1 Å². The summed E-state index contributed by atoms with van der Waals surface area (Å²) in [5.41, 5.74) is 12.0. The number of hydrogen-bond donors (Lipinski definition) is 1. The maximum atomic E-state index is 14.0.